The molecule has 7 heteroatoms. The Hall–Kier alpha value is -2.83. The first-order chi connectivity index (χ1) is 13.1. The third-order valence-electron chi connectivity index (χ3n) is 4.71. The average Bonchev–Trinajstić information content (AvgIpc) is 2.69. The summed E-state index contributed by atoms with van der Waals surface area (Å²) in [5.74, 6) is 1.16. The minimum Gasteiger partial charge on any atom is -0.497 e. The number of amides is 1. The second-order valence-electron chi connectivity index (χ2n) is 6.79. The molecule has 2 aromatic rings. The molecule has 0 aliphatic carbocycles. The molecule has 1 aliphatic rings. The highest BCUT2D eigenvalue weighted by Crippen LogP contribution is 2.17. The lowest BCUT2D eigenvalue weighted by molar-refractivity contribution is -0.121. The lowest BCUT2D eigenvalue weighted by Crippen LogP contribution is -2.39. The van der Waals surface area contributed by atoms with Crippen molar-refractivity contribution >= 4 is 11.9 Å². The van der Waals surface area contributed by atoms with Gasteiger partial charge in [-0.05, 0) is 43.9 Å². The second-order valence-corrected chi connectivity index (χ2v) is 6.79. The van der Waals surface area contributed by atoms with Crippen LogP contribution in [0.3, 0.4) is 0 Å². The van der Waals surface area contributed by atoms with Crippen LogP contribution in [0.25, 0.3) is 0 Å². The van der Waals surface area contributed by atoms with Crippen molar-refractivity contribution in [2.24, 2.45) is 0 Å². The fourth-order valence-corrected chi connectivity index (χ4v) is 3.23. The van der Waals surface area contributed by atoms with E-state index in [4.69, 9.17) is 4.74 Å². The molecule has 7 nitrogen and oxygen atoms in total. The quantitative estimate of drug-likeness (QED) is 0.840. The van der Waals surface area contributed by atoms with E-state index >= 15 is 0 Å². The molecule has 1 amide bonds. The largest absolute Gasteiger partial charge is 0.497 e. The number of aromatic nitrogens is 2. The number of aryl methyl sites for hydroxylation is 1. The number of carbonyl (C=O) groups excluding carboxylic acids is 1. The highest BCUT2D eigenvalue weighted by atomic mass is 16.5. The van der Waals surface area contributed by atoms with Crippen molar-refractivity contribution in [2.45, 2.75) is 39.3 Å². The minimum atomic E-state index is -0.211. The fourth-order valence-electron chi connectivity index (χ4n) is 3.23. The molecule has 1 fully saturated rings. The Morgan fingerprint density at radius 3 is 2.56 bits per heavy atom. The van der Waals surface area contributed by atoms with E-state index in [0.29, 0.717) is 18.2 Å². The highest BCUT2D eigenvalue weighted by Gasteiger charge is 2.19. The number of ether oxygens (including phenoxy) is 1. The average molecular weight is 370 g/mol. The number of benzene rings is 1. The third kappa shape index (κ3) is 4.87. The monoisotopic (exact) mass is 370 g/mol. The van der Waals surface area contributed by atoms with E-state index in [1.165, 1.54) is 17.1 Å². The maximum atomic E-state index is 12.5. The molecule has 0 spiro atoms. The molecule has 0 radical (unpaired) electrons. The zero-order valence-electron chi connectivity index (χ0n) is 15.9. The summed E-state index contributed by atoms with van der Waals surface area (Å²) in [6.07, 6.45) is 3.34. The molecular formula is C20H26N4O3. The van der Waals surface area contributed by atoms with Crippen LogP contribution in [0.15, 0.2) is 35.1 Å². The van der Waals surface area contributed by atoms with Crippen molar-refractivity contribution in [1.82, 2.24) is 14.9 Å². The fraction of sp³-hybridized carbons (Fsp3) is 0.450. The molecule has 27 heavy (non-hydrogen) atoms. The number of nitrogens with zero attached hydrogens (tertiary/aromatic N) is 3. The summed E-state index contributed by atoms with van der Waals surface area (Å²) >= 11 is 0. The first kappa shape index (κ1) is 18.9. The SMILES string of the molecule is COc1ccc(CNC(=O)Cn2c(N3CCCCC3)nc(C)cc2=O)cc1. The van der Waals surface area contributed by atoms with Gasteiger partial charge < -0.3 is 15.0 Å². The second kappa shape index (κ2) is 8.70. The number of anilines is 1. The molecule has 1 aromatic carbocycles. The first-order valence-electron chi connectivity index (χ1n) is 9.30. The normalized spacial score (nSPS) is 14.1. The van der Waals surface area contributed by atoms with Gasteiger partial charge in [0.2, 0.25) is 11.9 Å². The smallest absolute Gasteiger partial charge is 0.255 e. The van der Waals surface area contributed by atoms with Crippen LogP contribution in [-0.2, 0) is 17.9 Å². The summed E-state index contributed by atoms with van der Waals surface area (Å²) in [5.41, 5.74) is 1.45. The highest BCUT2D eigenvalue weighted by molar-refractivity contribution is 5.76. The minimum absolute atomic E-state index is 0.0336. The molecule has 0 bridgehead atoms. The number of piperidine rings is 1. The standard InChI is InChI=1S/C20H26N4O3/c1-15-12-19(26)24(20(22-15)23-10-4-3-5-11-23)14-18(25)21-13-16-6-8-17(27-2)9-7-16/h6-9,12H,3-5,10-11,13-14H2,1-2H3,(H,21,25). The summed E-state index contributed by atoms with van der Waals surface area (Å²) in [5, 5.41) is 2.87. The maximum Gasteiger partial charge on any atom is 0.255 e. The van der Waals surface area contributed by atoms with Gasteiger partial charge >= 0.3 is 0 Å². The van der Waals surface area contributed by atoms with Gasteiger partial charge in [-0.25, -0.2) is 4.98 Å². The number of carbonyl (C=O) groups is 1. The summed E-state index contributed by atoms with van der Waals surface area (Å²) < 4.78 is 6.60. The lowest BCUT2D eigenvalue weighted by atomic mass is 10.1. The van der Waals surface area contributed by atoms with Crippen LogP contribution in [0, 0.1) is 6.92 Å². The molecule has 144 valence electrons. The van der Waals surface area contributed by atoms with Crippen LogP contribution in [0.1, 0.15) is 30.5 Å². The number of methoxy groups -OCH3 is 1. The van der Waals surface area contributed by atoms with Gasteiger partial charge in [0.25, 0.3) is 5.56 Å². The molecule has 1 aromatic heterocycles. The van der Waals surface area contributed by atoms with E-state index in [1.807, 2.05) is 31.2 Å². The van der Waals surface area contributed by atoms with Gasteiger partial charge in [-0.3, -0.25) is 14.2 Å². The third-order valence-corrected chi connectivity index (χ3v) is 4.71. The van der Waals surface area contributed by atoms with Crippen molar-refractivity contribution in [1.29, 1.82) is 0 Å². The van der Waals surface area contributed by atoms with Crippen LogP contribution in [0.2, 0.25) is 0 Å². The number of hydrogen-bond donors (Lipinski definition) is 1. The summed E-state index contributed by atoms with van der Waals surface area (Å²) in [7, 11) is 1.62. The molecule has 3 rings (SSSR count). The Bertz CT molecular complexity index is 839. The van der Waals surface area contributed by atoms with Crippen LogP contribution in [0.4, 0.5) is 5.95 Å². The van der Waals surface area contributed by atoms with E-state index in [0.717, 1.165) is 37.2 Å². The first-order valence-corrected chi connectivity index (χ1v) is 9.30. The van der Waals surface area contributed by atoms with Crippen molar-refractivity contribution in [3.63, 3.8) is 0 Å². The Morgan fingerprint density at radius 1 is 1.19 bits per heavy atom. The number of nitrogens with one attached hydrogen (secondary N) is 1. The predicted octanol–water partition coefficient (Wildman–Crippen LogP) is 1.87. The summed E-state index contributed by atoms with van der Waals surface area (Å²) in [6.45, 7) is 3.90. The Balaban J connectivity index is 1.70. The zero-order valence-corrected chi connectivity index (χ0v) is 15.9. The van der Waals surface area contributed by atoms with Crippen molar-refractivity contribution in [3.8, 4) is 5.75 Å². The lowest BCUT2D eigenvalue weighted by Gasteiger charge is -2.29. The van der Waals surface area contributed by atoms with Gasteiger partial charge in [0.15, 0.2) is 0 Å². The van der Waals surface area contributed by atoms with E-state index in [-0.39, 0.29) is 18.0 Å². The number of rotatable bonds is 6. The van der Waals surface area contributed by atoms with Crippen LogP contribution in [-0.4, -0.2) is 35.7 Å². The Labute approximate surface area is 159 Å². The van der Waals surface area contributed by atoms with Crippen LogP contribution >= 0.6 is 0 Å². The maximum absolute atomic E-state index is 12.5. The van der Waals surface area contributed by atoms with Crippen molar-refractivity contribution in [3.05, 3.63) is 51.9 Å². The Kier molecular flexibility index (Phi) is 6.11. The molecule has 1 saturated heterocycles. The van der Waals surface area contributed by atoms with Gasteiger partial charge in [0, 0.05) is 31.4 Å². The summed E-state index contributed by atoms with van der Waals surface area (Å²) in [6, 6.07) is 8.98. The van der Waals surface area contributed by atoms with E-state index < -0.39 is 0 Å². The molecular weight excluding hydrogens is 344 g/mol. The van der Waals surface area contributed by atoms with E-state index in [2.05, 4.69) is 15.2 Å². The van der Waals surface area contributed by atoms with Crippen LogP contribution < -0.4 is 20.5 Å². The van der Waals surface area contributed by atoms with E-state index in [9.17, 15) is 9.59 Å². The van der Waals surface area contributed by atoms with Gasteiger partial charge in [-0.1, -0.05) is 12.1 Å². The summed E-state index contributed by atoms with van der Waals surface area (Å²) in [4.78, 5) is 31.6. The molecule has 1 aliphatic heterocycles. The van der Waals surface area contributed by atoms with Gasteiger partial charge in [-0.15, -0.1) is 0 Å². The molecule has 0 unspecified atom stereocenters. The molecule has 1 N–H and O–H groups in total. The molecule has 2 heterocycles. The Morgan fingerprint density at radius 2 is 1.89 bits per heavy atom. The predicted molar refractivity (Wildman–Crippen MR) is 104 cm³/mol. The van der Waals surface area contributed by atoms with Gasteiger partial charge in [0.1, 0.15) is 12.3 Å². The number of hydrogen-bond acceptors (Lipinski definition) is 5. The van der Waals surface area contributed by atoms with E-state index in [1.54, 1.807) is 7.11 Å². The van der Waals surface area contributed by atoms with Crippen molar-refractivity contribution in [2.75, 3.05) is 25.1 Å². The van der Waals surface area contributed by atoms with Crippen LogP contribution in [0.5, 0.6) is 5.75 Å². The van der Waals surface area contributed by atoms with Gasteiger partial charge in [0.05, 0.1) is 7.11 Å². The van der Waals surface area contributed by atoms with Gasteiger partial charge in [-0.2, -0.15) is 0 Å². The topological polar surface area (TPSA) is 76.5 Å². The molecule has 0 saturated carbocycles. The van der Waals surface area contributed by atoms with Crippen molar-refractivity contribution < 1.29 is 9.53 Å². The molecule has 0 atom stereocenters. The zero-order chi connectivity index (χ0) is 19.2.